The van der Waals surface area contributed by atoms with Crippen LogP contribution in [-0.4, -0.2) is 11.7 Å². The van der Waals surface area contributed by atoms with Crippen LogP contribution < -0.4 is 5.73 Å². The number of hydrogen-bond acceptors (Lipinski definition) is 2. The molecular formula is C17H19ClFNO. The van der Waals surface area contributed by atoms with Crippen LogP contribution in [0.3, 0.4) is 0 Å². The number of rotatable bonds is 5. The second-order valence-corrected chi connectivity index (χ2v) is 5.41. The number of nitrogens with two attached hydrogens (primary N) is 1. The molecule has 0 spiro atoms. The van der Waals surface area contributed by atoms with Gasteiger partial charge in [0.25, 0.3) is 0 Å². The van der Waals surface area contributed by atoms with Crippen LogP contribution in [0, 0.1) is 5.82 Å². The number of halogens is 2. The summed E-state index contributed by atoms with van der Waals surface area (Å²) in [4.78, 5) is 0. The van der Waals surface area contributed by atoms with Gasteiger partial charge in [-0.2, -0.15) is 0 Å². The van der Waals surface area contributed by atoms with Gasteiger partial charge in [0.15, 0.2) is 0 Å². The number of aryl methyl sites for hydroxylation is 1. The van der Waals surface area contributed by atoms with Crippen molar-refractivity contribution in [2.75, 3.05) is 6.54 Å². The third-order valence-electron chi connectivity index (χ3n) is 3.75. The molecule has 0 aliphatic carbocycles. The normalized spacial score (nSPS) is 14.0. The molecule has 2 atom stereocenters. The molecule has 0 saturated heterocycles. The van der Waals surface area contributed by atoms with E-state index >= 15 is 0 Å². The Hall–Kier alpha value is -1.42. The summed E-state index contributed by atoms with van der Waals surface area (Å²) < 4.78 is 13.2. The molecule has 0 aliphatic rings. The van der Waals surface area contributed by atoms with Gasteiger partial charge < -0.3 is 10.8 Å². The molecule has 0 aliphatic heterocycles. The summed E-state index contributed by atoms with van der Waals surface area (Å²) in [7, 11) is 0. The number of hydrogen-bond donors (Lipinski definition) is 2. The first-order valence-electron chi connectivity index (χ1n) is 6.99. The molecule has 2 rings (SSSR count). The van der Waals surface area contributed by atoms with Gasteiger partial charge in [-0.25, -0.2) is 4.39 Å². The van der Waals surface area contributed by atoms with Crippen LogP contribution in [0.5, 0.6) is 0 Å². The van der Waals surface area contributed by atoms with E-state index in [1.54, 1.807) is 6.07 Å². The number of aliphatic hydroxyl groups excluding tert-OH is 1. The standard InChI is InChI=1S/C17H19ClFNO/c1-2-11-5-3-4-6-13(11)17(21)15(10-20)14-8-7-12(19)9-16(14)18/h3-9,15,17,21H,2,10,20H2,1H3. The minimum Gasteiger partial charge on any atom is -0.388 e. The molecule has 0 radical (unpaired) electrons. The zero-order valence-corrected chi connectivity index (χ0v) is 12.6. The Morgan fingerprint density at radius 2 is 1.90 bits per heavy atom. The summed E-state index contributed by atoms with van der Waals surface area (Å²) in [5.41, 5.74) is 8.41. The Balaban J connectivity index is 2.40. The first kappa shape index (κ1) is 16.0. The van der Waals surface area contributed by atoms with Gasteiger partial charge in [0.05, 0.1) is 6.10 Å². The smallest absolute Gasteiger partial charge is 0.124 e. The summed E-state index contributed by atoms with van der Waals surface area (Å²) >= 11 is 6.10. The maximum absolute atomic E-state index is 13.2. The van der Waals surface area contributed by atoms with E-state index in [9.17, 15) is 9.50 Å². The van der Waals surface area contributed by atoms with Crippen molar-refractivity contribution in [3.05, 3.63) is 70.0 Å². The van der Waals surface area contributed by atoms with Gasteiger partial charge in [0.1, 0.15) is 5.82 Å². The molecule has 0 saturated carbocycles. The molecule has 2 nitrogen and oxygen atoms in total. The quantitative estimate of drug-likeness (QED) is 0.882. The largest absolute Gasteiger partial charge is 0.388 e. The van der Waals surface area contributed by atoms with E-state index in [0.717, 1.165) is 17.5 Å². The molecule has 2 unspecified atom stereocenters. The van der Waals surface area contributed by atoms with Crippen molar-refractivity contribution in [2.45, 2.75) is 25.4 Å². The monoisotopic (exact) mass is 307 g/mol. The average molecular weight is 308 g/mol. The summed E-state index contributed by atoms with van der Waals surface area (Å²) in [6, 6.07) is 11.9. The van der Waals surface area contributed by atoms with Crippen molar-refractivity contribution in [1.29, 1.82) is 0 Å². The van der Waals surface area contributed by atoms with Gasteiger partial charge in [0.2, 0.25) is 0 Å². The van der Waals surface area contributed by atoms with Crippen molar-refractivity contribution in [3.63, 3.8) is 0 Å². The van der Waals surface area contributed by atoms with Crippen molar-refractivity contribution in [3.8, 4) is 0 Å². The molecule has 0 amide bonds. The predicted molar refractivity (Wildman–Crippen MR) is 84.0 cm³/mol. The van der Waals surface area contributed by atoms with Gasteiger partial charge in [0, 0.05) is 17.5 Å². The minimum absolute atomic E-state index is 0.227. The van der Waals surface area contributed by atoms with E-state index in [2.05, 4.69) is 0 Å². The third kappa shape index (κ3) is 3.43. The molecule has 21 heavy (non-hydrogen) atoms. The van der Waals surface area contributed by atoms with E-state index in [4.69, 9.17) is 17.3 Å². The lowest BCUT2D eigenvalue weighted by Crippen LogP contribution is -2.21. The third-order valence-corrected chi connectivity index (χ3v) is 4.08. The fourth-order valence-corrected chi connectivity index (χ4v) is 2.90. The maximum atomic E-state index is 13.2. The van der Waals surface area contributed by atoms with E-state index in [1.165, 1.54) is 12.1 Å². The van der Waals surface area contributed by atoms with E-state index in [1.807, 2.05) is 31.2 Å². The van der Waals surface area contributed by atoms with Gasteiger partial charge in [-0.05, 0) is 35.2 Å². The molecule has 0 heterocycles. The van der Waals surface area contributed by atoms with Crippen molar-refractivity contribution in [2.24, 2.45) is 5.73 Å². The van der Waals surface area contributed by atoms with Crippen LogP contribution in [0.25, 0.3) is 0 Å². The lowest BCUT2D eigenvalue weighted by atomic mass is 9.86. The van der Waals surface area contributed by atoms with Crippen LogP contribution in [-0.2, 0) is 6.42 Å². The lowest BCUT2D eigenvalue weighted by molar-refractivity contribution is 0.146. The van der Waals surface area contributed by atoms with Crippen LogP contribution in [0.1, 0.15) is 35.6 Å². The van der Waals surface area contributed by atoms with Gasteiger partial charge in [-0.3, -0.25) is 0 Å². The second kappa shape index (κ2) is 7.03. The lowest BCUT2D eigenvalue weighted by Gasteiger charge is -2.25. The molecule has 3 N–H and O–H groups in total. The molecule has 4 heteroatoms. The number of aliphatic hydroxyl groups is 1. The van der Waals surface area contributed by atoms with Gasteiger partial charge >= 0.3 is 0 Å². The van der Waals surface area contributed by atoms with Crippen molar-refractivity contribution >= 4 is 11.6 Å². The fraction of sp³-hybridized carbons (Fsp3) is 0.294. The Morgan fingerprint density at radius 1 is 1.19 bits per heavy atom. The number of benzene rings is 2. The Labute approximate surface area is 129 Å². The summed E-state index contributed by atoms with van der Waals surface area (Å²) in [5.74, 6) is -0.770. The van der Waals surface area contributed by atoms with Crippen LogP contribution >= 0.6 is 11.6 Å². The second-order valence-electron chi connectivity index (χ2n) is 5.01. The Bertz CT molecular complexity index is 617. The fourth-order valence-electron chi connectivity index (χ4n) is 2.59. The van der Waals surface area contributed by atoms with E-state index < -0.39 is 11.9 Å². The average Bonchev–Trinajstić information content (AvgIpc) is 2.49. The van der Waals surface area contributed by atoms with Crippen molar-refractivity contribution < 1.29 is 9.50 Å². The summed E-state index contributed by atoms with van der Waals surface area (Å²) in [6.07, 6.45) is 0.0518. The molecule has 112 valence electrons. The Morgan fingerprint density at radius 3 is 2.52 bits per heavy atom. The molecular weight excluding hydrogens is 289 g/mol. The molecule has 0 fully saturated rings. The van der Waals surface area contributed by atoms with Crippen LogP contribution in [0.2, 0.25) is 5.02 Å². The minimum atomic E-state index is -0.769. The zero-order valence-electron chi connectivity index (χ0n) is 11.9. The topological polar surface area (TPSA) is 46.2 Å². The first-order chi connectivity index (χ1) is 10.1. The highest BCUT2D eigenvalue weighted by molar-refractivity contribution is 6.31. The van der Waals surface area contributed by atoms with Crippen LogP contribution in [0.4, 0.5) is 4.39 Å². The van der Waals surface area contributed by atoms with Gasteiger partial charge in [-0.1, -0.05) is 48.9 Å². The van der Waals surface area contributed by atoms with Crippen molar-refractivity contribution in [1.82, 2.24) is 0 Å². The SMILES string of the molecule is CCc1ccccc1C(O)C(CN)c1ccc(F)cc1Cl. The molecule has 0 bridgehead atoms. The van der Waals surface area contributed by atoms with E-state index in [-0.39, 0.29) is 12.5 Å². The zero-order chi connectivity index (χ0) is 15.4. The Kier molecular flexibility index (Phi) is 5.34. The molecule has 2 aromatic rings. The molecule has 2 aromatic carbocycles. The summed E-state index contributed by atoms with van der Waals surface area (Å²) in [5, 5.41) is 11.0. The molecule has 0 aromatic heterocycles. The summed E-state index contributed by atoms with van der Waals surface area (Å²) in [6.45, 7) is 2.26. The first-order valence-corrected chi connectivity index (χ1v) is 7.37. The van der Waals surface area contributed by atoms with E-state index in [0.29, 0.717) is 10.6 Å². The van der Waals surface area contributed by atoms with Gasteiger partial charge in [-0.15, -0.1) is 0 Å². The highest BCUT2D eigenvalue weighted by Crippen LogP contribution is 2.35. The highest BCUT2D eigenvalue weighted by atomic mass is 35.5. The van der Waals surface area contributed by atoms with Crippen LogP contribution in [0.15, 0.2) is 42.5 Å². The predicted octanol–water partition coefficient (Wildman–Crippen LogP) is 3.82. The highest BCUT2D eigenvalue weighted by Gasteiger charge is 2.25. The maximum Gasteiger partial charge on any atom is 0.124 e.